The lowest BCUT2D eigenvalue weighted by molar-refractivity contribution is -0.140. The predicted octanol–water partition coefficient (Wildman–Crippen LogP) is 9.31. The summed E-state index contributed by atoms with van der Waals surface area (Å²) >= 11 is 13.1. The SMILES string of the molecule is CC(=O)c1nc2c(F)c(-c3cccc(Cl)c3Cl)c(CCC#N)cc2c2c1cc([C@H]1C[C@H]3C[C@H]3N1C(=O)C1(F)CC1)n2[C@H]1[C@@H]2C[C@H]1N(C(=O)OC(C)(C)C)C2. The molecule has 2 amide bonds. The van der Waals surface area contributed by atoms with E-state index in [1.54, 1.807) is 28.0 Å². The molecule has 2 aromatic heterocycles. The van der Waals surface area contributed by atoms with Gasteiger partial charge in [0, 0.05) is 59.4 Å². The number of benzene rings is 2. The zero-order valence-electron chi connectivity index (χ0n) is 30.4. The lowest BCUT2D eigenvalue weighted by Gasteiger charge is -2.41. The number of halogens is 4. The van der Waals surface area contributed by atoms with Crippen molar-refractivity contribution in [3.8, 4) is 17.2 Å². The standard InChI is InChI=1S/C41H39Cl2F2N5O4/c1-19(51)34-25-17-29(28-15-21-14-27(21)49(28)38(52)41(45)10-11-41)50(36-22-16-30(36)48(18-22)39(53)54-40(2,3)4)37(25)24-13-20(7-6-12-46)31(33(44)35(24)47-34)23-8-5-9-26(42)32(23)43/h5,8-9,13,17,21-22,27-28,30,36H,6-7,10-11,14-16,18H2,1-4H3/t21-,22-,27-,28-,30-,36+/m1/s1. The predicted molar refractivity (Wildman–Crippen MR) is 200 cm³/mol. The molecule has 2 bridgehead atoms. The number of piperidine rings is 1. The van der Waals surface area contributed by atoms with Crippen molar-refractivity contribution in [2.45, 2.75) is 108 Å². The molecule has 0 spiro atoms. The second-order valence-corrected chi connectivity index (χ2v) is 17.6. The number of aryl methyl sites for hydroxylation is 1. The summed E-state index contributed by atoms with van der Waals surface area (Å²) < 4.78 is 40.9. The molecule has 6 aliphatic rings. The fraction of sp³-hybridized carbons (Fsp3) is 0.488. The number of hydrogen-bond donors (Lipinski definition) is 0. The van der Waals surface area contributed by atoms with Crippen LogP contribution in [-0.4, -0.2) is 67.0 Å². The third-order valence-corrected chi connectivity index (χ3v) is 12.9. The number of nitriles is 1. The van der Waals surface area contributed by atoms with Gasteiger partial charge in [-0.1, -0.05) is 35.3 Å². The van der Waals surface area contributed by atoms with Crippen LogP contribution >= 0.6 is 23.2 Å². The number of Topliss-reactive ketones (excluding diaryl/α,β-unsaturated/α-hetero) is 1. The number of carbonyl (C=O) groups is 3. The van der Waals surface area contributed by atoms with Gasteiger partial charge in [0.1, 0.15) is 16.8 Å². The summed E-state index contributed by atoms with van der Waals surface area (Å²) in [6.07, 6.45) is 2.41. The average molecular weight is 775 g/mol. The lowest BCUT2D eigenvalue weighted by Crippen LogP contribution is -2.45. The van der Waals surface area contributed by atoms with Gasteiger partial charge in [0.15, 0.2) is 17.3 Å². The third-order valence-electron chi connectivity index (χ3n) is 12.1. The number of fused-ring (bicyclic) bond motifs is 5. The van der Waals surface area contributed by atoms with E-state index in [-0.39, 0.29) is 88.2 Å². The van der Waals surface area contributed by atoms with Gasteiger partial charge in [-0.3, -0.25) is 9.59 Å². The van der Waals surface area contributed by atoms with Crippen LogP contribution in [0.5, 0.6) is 0 Å². The minimum Gasteiger partial charge on any atom is -0.444 e. The van der Waals surface area contributed by atoms with Gasteiger partial charge in [0.05, 0.1) is 39.8 Å². The van der Waals surface area contributed by atoms with E-state index in [0.717, 1.165) is 18.5 Å². The Morgan fingerprint density at radius 2 is 1.81 bits per heavy atom. The average Bonchev–Trinajstić information content (AvgIpc) is 3.78. The Labute approximate surface area is 321 Å². The number of pyridine rings is 1. The topological polar surface area (TPSA) is 109 Å². The molecular formula is C41H39Cl2F2N5O4. The van der Waals surface area contributed by atoms with Crippen molar-refractivity contribution in [2.75, 3.05) is 6.54 Å². The Kier molecular flexibility index (Phi) is 7.95. The second kappa shape index (κ2) is 12.1. The van der Waals surface area contributed by atoms with Crippen molar-refractivity contribution in [2.24, 2.45) is 11.8 Å². The molecule has 10 rings (SSSR count). The highest BCUT2D eigenvalue weighted by molar-refractivity contribution is 6.43. The molecular weight excluding hydrogens is 735 g/mol. The molecule has 9 nitrogen and oxygen atoms in total. The molecule has 6 atom stereocenters. The summed E-state index contributed by atoms with van der Waals surface area (Å²) in [5.74, 6) is -1.35. The number of hydrogen-bond acceptors (Lipinski definition) is 6. The third kappa shape index (κ3) is 5.34. The first-order valence-electron chi connectivity index (χ1n) is 18.7. The Morgan fingerprint density at radius 1 is 1.07 bits per heavy atom. The van der Waals surface area contributed by atoms with Gasteiger partial charge >= 0.3 is 6.09 Å². The van der Waals surface area contributed by atoms with Crippen molar-refractivity contribution in [1.29, 1.82) is 5.26 Å². The van der Waals surface area contributed by atoms with Crippen LogP contribution in [0.2, 0.25) is 10.0 Å². The molecule has 13 heteroatoms. The summed E-state index contributed by atoms with van der Waals surface area (Å²) in [6.45, 7) is 7.29. The number of ether oxygens (including phenoxy) is 1. The van der Waals surface area contributed by atoms with E-state index in [9.17, 15) is 19.6 Å². The van der Waals surface area contributed by atoms with Gasteiger partial charge in [-0.2, -0.15) is 5.26 Å². The number of rotatable bonds is 7. The summed E-state index contributed by atoms with van der Waals surface area (Å²) in [4.78, 5) is 49.1. The summed E-state index contributed by atoms with van der Waals surface area (Å²) in [5.41, 5.74) is -0.295. The number of alkyl halides is 1. The Bertz CT molecular complexity index is 2380. The van der Waals surface area contributed by atoms with E-state index in [1.807, 2.05) is 32.9 Å². The summed E-state index contributed by atoms with van der Waals surface area (Å²) in [7, 11) is 0. The fourth-order valence-corrected chi connectivity index (χ4v) is 9.84. The molecule has 280 valence electrons. The molecule has 3 aliphatic carbocycles. The maximum Gasteiger partial charge on any atom is 0.410 e. The number of ketones is 1. The molecule has 4 aromatic rings. The zero-order valence-corrected chi connectivity index (χ0v) is 31.9. The Balaban J connectivity index is 1.32. The van der Waals surface area contributed by atoms with Crippen LogP contribution in [0.4, 0.5) is 13.6 Å². The molecule has 54 heavy (non-hydrogen) atoms. The lowest BCUT2D eigenvalue weighted by atomic mass is 9.79. The van der Waals surface area contributed by atoms with Crippen molar-refractivity contribution in [1.82, 2.24) is 19.4 Å². The molecule has 0 N–H and O–H groups in total. The molecule has 3 saturated heterocycles. The number of aromatic nitrogens is 2. The largest absolute Gasteiger partial charge is 0.444 e. The van der Waals surface area contributed by atoms with Crippen LogP contribution in [0.15, 0.2) is 30.3 Å². The van der Waals surface area contributed by atoms with Crippen molar-refractivity contribution >= 4 is 62.8 Å². The van der Waals surface area contributed by atoms with E-state index in [0.29, 0.717) is 40.4 Å². The smallest absolute Gasteiger partial charge is 0.410 e. The minimum atomic E-state index is -1.87. The highest BCUT2D eigenvalue weighted by Crippen LogP contribution is 2.59. The van der Waals surface area contributed by atoms with Gasteiger partial charge in [-0.05, 0) is 89.0 Å². The Hall–Kier alpha value is -4.27. The Morgan fingerprint density at radius 3 is 2.50 bits per heavy atom. The first kappa shape index (κ1) is 35.4. The highest BCUT2D eigenvalue weighted by atomic mass is 35.5. The molecule has 6 fully saturated rings. The minimum absolute atomic E-state index is 0.00402. The van der Waals surface area contributed by atoms with Gasteiger partial charge in [-0.25, -0.2) is 18.6 Å². The number of carbonyl (C=O) groups excluding carboxylic acids is 3. The fourth-order valence-electron chi connectivity index (χ4n) is 9.45. The number of nitrogens with zero attached hydrogens (tertiary/aromatic N) is 5. The van der Waals surface area contributed by atoms with Gasteiger partial charge in [0.25, 0.3) is 5.91 Å². The van der Waals surface area contributed by atoms with Crippen molar-refractivity contribution in [3.05, 3.63) is 63.1 Å². The van der Waals surface area contributed by atoms with Gasteiger partial charge < -0.3 is 19.1 Å². The summed E-state index contributed by atoms with van der Waals surface area (Å²) in [5, 5.41) is 10.9. The quantitative estimate of drug-likeness (QED) is 0.173. The maximum absolute atomic E-state index is 17.4. The van der Waals surface area contributed by atoms with E-state index in [2.05, 4.69) is 10.6 Å². The monoisotopic (exact) mass is 773 g/mol. The molecule has 3 aliphatic heterocycles. The first-order chi connectivity index (χ1) is 25.6. The van der Waals surface area contributed by atoms with E-state index in [4.69, 9.17) is 32.9 Å². The van der Waals surface area contributed by atoms with Crippen LogP contribution in [0.25, 0.3) is 32.9 Å². The van der Waals surface area contributed by atoms with E-state index >= 15 is 8.78 Å². The van der Waals surface area contributed by atoms with E-state index < -0.39 is 35.1 Å². The van der Waals surface area contributed by atoms with Gasteiger partial charge in [-0.15, -0.1) is 0 Å². The van der Waals surface area contributed by atoms with Crippen molar-refractivity contribution < 1.29 is 27.9 Å². The molecule has 0 radical (unpaired) electrons. The van der Waals surface area contributed by atoms with E-state index in [1.165, 1.54) is 6.92 Å². The van der Waals surface area contributed by atoms with Gasteiger partial charge in [0.2, 0.25) is 0 Å². The molecule has 2 aromatic carbocycles. The maximum atomic E-state index is 17.4. The van der Waals surface area contributed by atoms with Crippen molar-refractivity contribution in [3.63, 3.8) is 0 Å². The normalized spacial score (nSPS) is 26.1. The second-order valence-electron chi connectivity index (χ2n) is 16.8. The van der Waals surface area contributed by atoms with Crippen LogP contribution in [-0.2, 0) is 16.0 Å². The van der Waals surface area contributed by atoms with Crippen LogP contribution in [0, 0.1) is 29.0 Å². The zero-order chi connectivity index (χ0) is 38.2. The molecule has 3 saturated carbocycles. The van der Waals surface area contributed by atoms with Crippen LogP contribution < -0.4 is 0 Å². The first-order valence-corrected chi connectivity index (χ1v) is 19.4. The van der Waals surface area contributed by atoms with Crippen LogP contribution in [0.1, 0.15) is 100 Å². The number of amides is 2. The van der Waals surface area contributed by atoms with Crippen LogP contribution in [0.3, 0.4) is 0 Å². The highest BCUT2D eigenvalue weighted by Gasteiger charge is 2.63. The molecule has 0 unspecified atom stereocenters. The summed E-state index contributed by atoms with van der Waals surface area (Å²) in [6, 6.07) is 9.68. The number of likely N-dealkylation sites (tertiary alicyclic amines) is 1. The molecule has 5 heterocycles.